The zero-order valence-corrected chi connectivity index (χ0v) is 12.1. The van der Waals surface area contributed by atoms with E-state index in [9.17, 15) is 9.59 Å². The first kappa shape index (κ1) is 16.9. The third kappa shape index (κ3) is 7.23. The predicted molar refractivity (Wildman–Crippen MR) is 79.4 cm³/mol. The highest BCUT2D eigenvalue weighted by Gasteiger charge is 2.07. The number of primary amides is 1. The van der Waals surface area contributed by atoms with Gasteiger partial charge in [0.05, 0.1) is 18.7 Å². The Bertz CT molecular complexity index is 478. The van der Waals surface area contributed by atoms with E-state index in [-0.39, 0.29) is 19.0 Å². The summed E-state index contributed by atoms with van der Waals surface area (Å²) in [6, 6.07) is 5.82. The Morgan fingerprint density at radius 3 is 2.52 bits per heavy atom. The number of hydrogen-bond donors (Lipinski definition) is 2. The Hall–Kier alpha value is -2.19. The molecule has 1 amide bonds. The molecule has 3 N–H and O–H groups in total. The standard InChI is InChI=1S/C13H16N2O5S/c14-12(16)10-1-3-11(4-2-10)20-13(17)19-8-7-18-6-5-15-9-21/h1-4,9H,5-8H2,(H2,14,16)(H,15,21). The normalized spacial score (nSPS) is 9.71. The lowest BCUT2D eigenvalue weighted by Crippen LogP contribution is -2.19. The number of amides is 1. The van der Waals surface area contributed by atoms with Crippen LogP contribution >= 0.6 is 12.2 Å². The fourth-order valence-electron chi connectivity index (χ4n) is 1.29. The van der Waals surface area contributed by atoms with Crippen molar-refractivity contribution in [2.24, 2.45) is 5.73 Å². The maximum atomic E-state index is 11.3. The van der Waals surface area contributed by atoms with Crippen LogP contribution in [-0.4, -0.2) is 43.9 Å². The van der Waals surface area contributed by atoms with Crippen LogP contribution in [0.3, 0.4) is 0 Å². The van der Waals surface area contributed by atoms with Crippen molar-refractivity contribution in [1.82, 2.24) is 5.32 Å². The van der Waals surface area contributed by atoms with Crippen LogP contribution in [0.2, 0.25) is 0 Å². The van der Waals surface area contributed by atoms with Crippen LogP contribution in [0.15, 0.2) is 24.3 Å². The van der Waals surface area contributed by atoms with E-state index in [1.54, 1.807) is 0 Å². The highest BCUT2D eigenvalue weighted by molar-refractivity contribution is 7.78. The Morgan fingerprint density at radius 2 is 1.90 bits per heavy atom. The van der Waals surface area contributed by atoms with Gasteiger partial charge in [-0.05, 0) is 24.3 Å². The summed E-state index contributed by atoms with van der Waals surface area (Å²) >= 11 is 4.57. The molecule has 0 atom stereocenters. The van der Waals surface area contributed by atoms with Crippen molar-refractivity contribution in [2.75, 3.05) is 26.4 Å². The van der Waals surface area contributed by atoms with Crippen molar-refractivity contribution >= 4 is 29.8 Å². The van der Waals surface area contributed by atoms with Crippen LogP contribution in [-0.2, 0) is 9.47 Å². The number of nitrogens with one attached hydrogen (secondary N) is 1. The molecular weight excluding hydrogens is 296 g/mol. The summed E-state index contributed by atoms with van der Waals surface area (Å²) in [4.78, 5) is 22.2. The highest BCUT2D eigenvalue weighted by Crippen LogP contribution is 2.12. The Kier molecular flexibility index (Phi) is 7.77. The number of carbonyl (C=O) groups is 2. The molecule has 0 bridgehead atoms. The second kappa shape index (κ2) is 9.67. The van der Waals surface area contributed by atoms with Crippen LogP contribution in [0, 0.1) is 0 Å². The number of carbonyl (C=O) groups excluding carboxylic acids is 2. The van der Waals surface area contributed by atoms with E-state index in [1.807, 2.05) is 0 Å². The van der Waals surface area contributed by atoms with Crippen LogP contribution in [0.4, 0.5) is 4.79 Å². The van der Waals surface area contributed by atoms with Gasteiger partial charge in [-0.2, -0.15) is 0 Å². The summed E-state index contributed by atoms with van der Waals surface area (Å²) < 4.78 is 14.9. The summed E-state index contributed by atoms with van der Waals surface area (Å²) in [6.45, 7) is 1.39. The van der Waals surface area contributed by atoms with Crippen LogP contribution < -0.4 is 15.8 Å². The fraction of sp³-hybridized carbons (Fsp3) is 0.308. The second-order valence-corrected chi connectivity index (χ2v) is 4.01. The predicted octanol–water partition coefficient (Wildman–Crippen LogP) is 0.864. The lowest BCUT2D eigenvalue weighted by atomic mass is 10.2. The van der Waals surface area contributed by atoms with Crippen molar-refractivity contribution in [3.8, 4) is 5.75 Å². The monoisotopic (exact) mass is 312 g/mol. The molecule has 0 saturated heterocycles. The van der Waals surface area contributed by atoms with E-state index < -0.39 is 12.1 Å². The van der Waals surface area contributed by atoms with Gasteiger partial charge in [0, 0.05) is 12.1 Å². The van der Waals surface area contributed by atoms with E-state index >= 15 is 0 Å². The minimum Gasteiger partial charge on any atom is -0.432 e. The van der Waals surface area contributed by atoms with Crippen molar-refractivity contribution < 1.29 is 23.8 Å². The summed E-state index contributed by atoms with van der Waals surface area (Å²) in [7, 11) is 0. The minimum absolute atomic E-state index is 0.0792. The lowest BCUT2D eigenvalue weighted by molar-refractivity contribution is 0.0538. The van der Waals surface area contributed by atoms with Crippen LogP contribution in [0.1, 0.15) is 10.4 Å². The summed E-state index contributed by atoms with van der Waals surface area (Å²) in [5, 5.41) is 2.79. The van der Waals surface area contributed by atoms with E-state index in [1.165, 1.54) is 29.8 Å². The van der Waals surface area contributed by atoms with E-state index in [0.29, 0.717) is 18.7 Å². The van der Waals surface area contributed by atoms with Gasteiger partial charge in [-0.3, -0.25) is 4.79 Å². The molecule has 0 aliphatic rings. The first-order chi connectivity index (χ1) is 10.1. The molecule has 8 heteroatoms. The molecule has 0 radical (unpaired) electrons. The molecule has 0 fully saturated rings. The van der Waals surface area contributed by atoms with Crippen molar-refractivity contribution in [2.45, 2.75) is 0 Å². The third-order valence-electron chi connectivity index (χ3n) is 2.26. The zero-order chi connectivity index (χ0) is 15.5. The zero-order valence-electron chi connectivity index (χ0n) is 11.2. The molecule has 0 unspecified atom stereocenters. The second-order valence-electron chi connectivity index (χ2n) is 3.77. The molecule has 114 valence electrons. The molecule has 0 saturated carbocycles. The van der Waals surface area contributed by atoms with Gasteiger partial charge in [0.2, 0.25) is 5.91 Å². The lowest BCUT2D eigenvalue weighted by Gasteiger charge is -2.07. The molecule has 7 nitrogen and oxygen atoms in total. The van der Waals surface area contributed by atoms with Crippen molar-refractivity contribution in [1.29, 1.82) is 0 Å². The smallest absolute Gasteiger partial charge is 0.432 e. The molecule has 0 heterocycles. The number of nitrogens with two attached hydrogens (primary N) is 1. The molecule has 1 aromatic carbocycles. The van der Waals surface area contributed by atoms with Gasteiger partial charge in [0.25, 0.3) is 0 Å². The first-order valence-electron chi connectivity index (χ1n) is 6.12. The first-order valence-corrected chi connectivity index (χ1v) is 6.60. The Balaban J connectivity index is 2.18. The van der Waals surface area contributed by atoms with E-state index in [4.69, 9.17) is 19.9 Å². The molecule has 0 aliphatic carbocycles. The van der Waals surface area contributed by atoms with Gasteiger partial charge in [-0.25, -0.2) is 4.79 Å². The molecular formula is C13H16N2O5S. The van der Waals surface area contributed by atoms with Gasteiger partial charge in [0.1, 0.15) is 12.4 Å². The van der Waals surface area contributed by atoms with Crippen LogP contribution in [0.25, 0.3) is 0 Å². The van der Waals surface area contributed by atoms with Gasteiger partial charge >= 0.3 is 6.16 Å². The number of ether oxygens (including phenoxy) is 3. The number of thiocarbonyl (C=S) groups is 1. The average Bonchev–Trinajstić information content (AvgIpc) is 2.47. The Morgan fingerprint density at radius 1 is 1.19 bits per heavy atom. The fourth-order valence-corrected chi connectivity index (χ4v) is 1.41. The maximum Gasteiger partial charge on any atom is 0.513 e. The number of rotatable bonds is 9. The number of benzene rings is 1. The van der Waals surface area contributed by atoms with Gasteiger partial charge in [-0.1, -0.05) is 12.2 Å². The van der Waals surface area contributed by atoms with E-state index in [2.05, 4.69) is 17.5 Å². The quantitative estimate of drug-likeness (QED) is 0.302. The van der Waals surface area contributed by atoms with Gasteiger partial charge in [0.15, 0.2) is 0 Å². The SMILES string of the molecule is NC(=O)c1ccc(OC(=O)OCCOCCNC=S)cc1. The molecule has 1 rings (SSSR count). The molecule has 1 aromatic rings. The number of hydrogen-bond acceptors (Lipinski definition) is 6. The van der Waals surface area contributed by atoms with Crippen molar-refractivity contribution in [3.05, 3.63) is 29.8 Å². The molecule has 0 aliphatic heterocycles. The third-order valence-corrected chi connectivity index (χ3v) is 2.43. The topological polar surface area (TPSA) is 99.9 Å². The summed E-state index contributed by atoms with van der Waals surface area (Å²) in [6.07, 6.45) is -0.845. The minimum atomic E-state index is -0.845. The highest BCUT2D eigenvalue weighted by atomic mass is 32.1. The van der Waals surface area contributed by atoms with Crippen LogP contribution in [0.5, 0.6) is 5.75 Å². The van der Waals surface area contributed by atoms with Gasteiger partial charge in [-0.15, -0.1) is 0 Å². The van der Waals surface area contributed by atoms with E-state index in [0.717, 1.165) is 0 Å². The molecule has 21 heavy (non-hydrogen) atoms. The maximum absolute atomic E-state index is 11.3. The largest absolute Gasteiger partial charge is 0.513 e. The van der Waals surface area contributed by atoms with Crippen molar-refractivity contribution in [3.63, 3.8) is 0 Å². The molecule has 0 spiro atoms. The average molecular weight is 312 g/mol. The summed E-state index contributed by atoms with van der Waals surface area (Å²) in [5.41, 5.74) is 6.82. The van der Waals surface area contributed by atoms with Gasteiger partial charge < -0.3 is 25.3 Å². The summed E-state index contributed by atoms with van der Waals surface area (Å²) in [5.74, 6) is -0.291. The Labute approximate surface area is 127 Å². The molecule has 0 aromatic heterocycles.